The van der Waals surface area contributed by atoms with Gasteiger partial charge in [0.2, 0.25) is 0 Å². The Morgan fingerprint density at radius 3 is 2.94 bits per heavy atom. The number of nitrogens with one attached hydrogen (secondary N) is 1. The molecule has 2 N–H and O–H groups in total. The van der Waals surface area contributed by atoms with Crippen molar-refractivity contribution in [2.24, 2.45) is 0 Å². The minimum absolute atomic E-state index is 0.566. The summed E-state index contributed by atoms with van der Waals surface area (Å²) in [5, 5.41) is 9.95. The van der Waals surface area contributed by atoms with Crippen molar-refractivity contribution in [3.63, 3.8) is 0 Å². The van der Waals surface area contributed by atoms with Crippen molar-refractivity contribution in [1.82, 2.24) is 4.98 Å². The van der Waals surface area contributed by atoms with Crippen LogP contribution in [-0.4, -0.2) is 23.2 Å². The van der Waals surface area contributed by atoms with Gasteiger partial charge in [0.05, 0.1) is 23.0 Å². The van der Waals surface area contributed by atoms with Gasteiger partial charge in [-0.2, -0.15) is 0 Å². The van der Waals surface area contributed by atoms with Gasteiger partial charge in [0.15, 0.2) is 0 Å². The molecular formula is C12H10ClNO3. The maximum absolute atomic E-state index is 10.5. The molecule has 2 rings (SSSR count). The van der Waals surface area contributed by atoms with Gasteiger partial charge in [-0.25, -0.2) is 4.79 Å². The number of carbonyl (C=O) groups is 1. The monoisotopic (exact) mass is 251 g/mol. The Morgan fingerprint density at radius 2 is 2.29 bits per heavy atom. The third-order valence-electron chi connectivity index (χ3n) is 2.40. The molecule has 0 radical (unpaired) electrons. The Hall–Kier alpha value is -1.94. The lowest BCUT2D eigenvalue weighted by molar-refractivity contribution is -0.131. The zero-order valence-electron chi connectivity index (χ0n) is 9.03. The molecular weight excluding hydrogens is 242 g/mol. The van der Waals surface area contributed by atoms with Crippen LogP contribution in [0.4, 0.5) is 0 Å². The van der Waals surface area contributed by atoms with Gasteiger partial charge in [0.1, 0.15) is 5.75 Å². The molecule has 0 saturated carbocycles. The van der Waals surface area contributed by atoms with Crippen LogP contribution < -0.4 is 4.74 Å². The van der Waals surface area contributed by atoms with E-state index in [1.54, 1.807) is 25.4 Å². The number of aromatic amines is 1. The van der Waals surface area contributed by atoms with Crippen LogP contribution in [0.5, 0.6) is 5.75 Å². The summed E-state index contributed by atoms with van der Waals surface area (Å²) >= 11 is 6.03. The van der Waals surface area contributed by atoms with Crippen molar-refractivity contribution in [2.75, 3.05) is 7.11 Å². The lowest BCUT2D eigenvalue weighted by Crippen LogP contribution is -1.87. The average molecular weight is 252 g/mol. The lowest BCUT2D eigenvalue weighted by Gasteiger charge is -2.03. The molecule has 0 fully saturated rings. The van der Waals surface area contributed by atoms with E-state index in [1.807, 2.05) is 0 Å². The van der Waals surface area contributed by atoms with Gasteiger partial charge in [-0.1, -0.05) is 11.6 Å². The van der Waals surface area contributed by atoms with Crippen LogP contribution in [-0.2, 0) is 4.79 Å². The van der Waals surface area contributed by atoms with Crippen molar-refractivity contribution < 1.29 is 14.6 Å². The molecule has 0 spiro atoms. The van der Waals surface area contributed by atoms with Crippen molar-refractivity contribution in [1.29, 1.82) is 0 Å². The first kappa shape index (κ1) is 11.5. The van der Waals surface area contributed by atoms with Gasteiger partial charge in [-0.15, -0.1) is 0 Å². The number of fused-ring (bicyclic) bond motifs is 1. The van der Waals surface area contributed by atoms with Gasteiger partial charge in [0, 0.05) is 17.8 Å². The fourth-order valence-electron chi connectivity index (χ4n) is 1.67. The first-order valence-corrected chi connectivity index (χ1v) is 5.26. The number of benzene rings is 1. The molecule has 0 amide bonds. The first-order valence-electron chi connectivity index (χ1n) is 4.88. The Morgan fingerprint density at radius 1 is 1.53 bits per heavy atom. The summed E-state index contributed by atoms with van der Waals surface area (Å²) < 4.78 is 5.23. The summed E-state index contributed by atoms with van der Waals surface area (Å²) in [6.07, 6.45) is 4.27. The number of aliphatic carboxylic acids is 1. The van der Waals surface area contributed by atoms with Crippen molar-refractivity contribution in [2.45, 2.75) is 0 Å². The average Bonchev–Trinajstić information content (AvgIpc) is 2.72. The third kappa shape index (κ3) is 2.12. The molecule has 2 aromatic rings. The molecule has 88 valence electrons. The quantitative estimate of drug-likeness (QED) is 0.825. The summed E-state index contributed by atoms with van der Waals surface area (Å²) in [6.45, 7) is 0. The number of H-pyrrole nitrogens is 1. The number of rotatable bonds is 3. The summed E-state index contributed by atoms with van der Waals surface area (Å²) in [4.78, 5) is 13.5. The van der Waals surface area contributed by atoms with E-state index >= 15 is 0 Å². The Bertz CT molecular complexity index is 601. The second-order valence-corrected chi connectivity index (χ2v) is 3.82. The van der Waals surface area contributed by atoms with E-state index in [2.05, 4.69) is 4.98 Å². The van der Waals surface area contributed by atoms with Crippen LogP contribution in [0.15, 0.2) is 24.4 Å². The number of hydrogen-bond acceptors (Lipinski definition) is 2. The van der Waals surface area contributed by atoms with Crippen molar-refractivity contribution in [3.8, 4) is 5.75 Å². The number of aromatic nitrogens is 1. The summed E-state index contributed by atoms with van der Waals surface area (Å²) in [6, 6.07) is 3.47. The highest BCUT2D eigenvalue weighted by atomic mass is 35.5. The molecule has 0 unspecified atom stereocenters. The fourth-order valence-corrected chi connectivity index (χ4v) is 1.88. The Kier molecular flexibility index (Phi) is 3.06. The van der Waals surface area contributed by atoms with Gasteiger partial charge < -0.3 is 14.8 Å². The van der Waals surface area contributed by atoms with E-state index in [0.29, 0.717) is 10.8 Å². The molecule has 1 heterocycles. The standard InChI is InChI=1S/C12H10ClNO3/c1-17-9-4-3-8(13)12-11(9)7(6-14-12)2-5-10(15)16/h2-6,14H,1H3,(H,15,16)/b5-2+. The van der Waals surface area contributed by atoms with Crippen LogP contribution in [0.2, 0.25) is 5.02 Å². The fraction of sp³-hybridized carbons (Fsp3) is 0.0833. The zero-order valence-corrected chi connectivity index (χ0v) is 9.78. The van der Waals surface area contributed by atoms with Crippen LogP contribution >= 0.6 is 11.6 Å². The maximum Gasteiger partial charge on any atom is 0.328 e. The molecule has 0 aliphatic carbocycles. The van der Waals surface area contributed by atoms with E-state index in [1.165, 1.54) is 6.08 Å². The SMILES string of the molecule is COc1ccc(Cl)c2[nH]cc(/C=C/C(=O)O)c12. The van der Waals surface area contributed by atoms with Gasteiger partial charge in [-0.3, -0.25) is 0 Å². The summed E-state index contributed by atoms with van der Waals surface area (Å²) in [5.74, 6) is -0.351. The van der Waals surface area contributed by atoms with Crippen LogP contribution in [0, 0.1) is 0 Å². The molecule has 0 aliphatic rings. The molecule has 1 aromatic heterocycles. The van der Waals surface area contributed by atoms with Crippen LogP contribution in [0.25, 0.3) is 17.0 Å². The van der Waals surface area contributed by atoms with E-state index in [-0.39, 0.29) is 0 Å². The predicted octanol–water partition coefficient (Wildman–Crippen LogP) is 2.93. The smallest absolute Gasteiger partial charge is 0.328 e. The van der Waals surface area contributed by atoms with Gasteiger partial charge >= 0.3 is 5.97 Å². The number of ether oxygens (including phenoxy) is 1. The molecule has 4 nitrogen and oxygen atoms in total. The predicted molar refractivity (Wildman–Crippen MR) is 66.5 cm³/mol. The molecule has 1 aromatic carbocycles. The van der Waals surface area contributed by atoms with E-state index in [4.69, 9.17) is 21.4 Å². The highest BCUT2D eigenvalue weighted by Gasteiger charge is 2.10. The first-order chi connectivity index (χ1) is 8.13. The molecule has 0 atom stereocenters. The molecule has 0 bridgehead atoms. The minimum atomic E-state index is -1.000. The number of hydrogen-bond donors (Lipinski definition) is 2. The van der Waals surface area contributed by atoms with E-state index in [9.17, 15) is 4.79 Å². The molecule has 0 aliphatic heterocycles. The largest absolute Gasteiger partial charge is 0.496 e. The molecule has 5 heteroatoms. The number of carboxylic acid groups (broad SMARTS) is 1. The Balaban J connectivity index is 2.65. The second kappa shape index (κ2) is 4.51. The topological polar surface area (TPSA) is 62.3 Å². The van der Waals surface area contributed by atoms with Crippen LogP contribution in [0.3, 0.4) is 0 Å². The van der Waals surface area contributed by atoms with Crippen molar-refractivity contribution >= 4 is 34.5 Å². The zero-order chi connectivity index (χ0) is 12.4. The number of carboxylic acids is 1. The Labute approximate surface area is 102 Å². The van der Waals surface area contributed by atoms with Crippen LogP contribution in [0.1, 0.15) is 5.56 Å². The van der Waals surface area contributed by atoms with Gasteiger partial charge in [0.25, 0.3) is 0 Å². The normalized spacial score (nSPS) is 11.2. The molecule has 0 saturated heterocycles. The summed E-state index contributed by atoms with van der Waals surface area (Å²) in [5.41, 5.74) is 1.46. The highest BCUT2D eigenvalue weighted by Crippen LogP contribution is 2.33. The number of methoxy groups -OCH3 is 1. The second-order valence-electron chi connectivity index (χ2n) is 3.42. The number of halogens is 1. The van der Waals surface area contributed by atoms with Crippen molar-refractivity contribution in [3.05, 3.63) is 35.0 Å². The van der Waals surface area contributed by atoms with E-state index < -0.39 is 5.97 Å². The summed E-state index contributed by atoms with van der Waals surface area (Å²) in [7, 11) is 1.56. The maximum atomic E-state index is 10.5. The molecule has 17 heavy (non-hydrogen) atoms. The third-order valence-corrected chi connectivity index (χ3v) is 2.72. The lowest BCUT2D eigenvalue weighted by atomic mass is 10.1. The minimum Gasteiger partial charge on any atom is -0.496 e. The highest BCUT2D eigenvalue weighted by molar-refractivity contribution is 6.35. The van der Waals surface area contributed by atoms with Gasteiger partial charge in [-0.05, 0) is 18.2 Å². The van der Waals surface area contributed by atoms with E-state index in [0.717, 1.165) is 22.5 Å².